The summed E-state index contributed by atoms with van der Waals surface area (Å²) < 4.78 is 35.6. The van der Waals surface area contributed by atoms with Crippen LogP contribution < -0.4 is 4.90 Å². The van der Waals surface area contributed by atoms with Crippen LogP contribution in [-0.2, 0) is 9.59 Å². The number of carboxylic acid groups (broad SMARTS) is 1. The first-order chi connectivity index (χ1) is 19.2. The Bertz CT molecular complexity index is 1600. The molecule has 10 heteroatoms. The Kier molecular flexibility index (Phi) is 6.64. The summed E-state index contributed by atoms with van der Waals surface area (Å²) >= 11 is 0. The summed E-state index contributed by atoms with van der Waals surface area (Å²) in [5, 5.41) is 13.6. The van der Waals surface area contributed by atoms with Gasteiger partial charge in [0.2, 0.25) is 5.91 Å². The molecule has 0 bridgehead atoms. The molecule has 2 aromatic heterocycles. The third-order valence-electron chi connectivity index (χ3n) is 8.38. The minimum atomic E-state index is -1.01. The van der Waals surface area contributed by atoms with Gasteiger partial charge in [0.05, 0.1) is 28.7 Å². The highest BCUT2D eigenvalue weighted by molar-refractivity contribution is 5.95. The third kappa shape index (κ3) is 4.45. The van der Waals surface area contributed by atoms with Crippen LogP contribution in [0.15, 0.2) is 40.9 Å². The van der Waals surface area contributed by atoms with Crippen LogP contribution >= 0.6 is 0 Å². The Morgan fingerprint density at radius 1 is 1.02 bits per heavy atom. The first kappa shape index (κ1) is 26.2. The maximum absolute atomic E-state index is 14.3. The fraction of sp³-hybridized carbons (Fsp3) is 0.400. The maximum Gasteiger partial charge on any atom is 0.306 e. The van der Waals surface area contributed by atoms with E-state index in [0.717, 1.165) is 40.0 Å². The molecule has 0 unspecified atom stereocenters. The van der Waals surface area contributed by atoms with Crippen molar-refractivity contribution in [3.63, 3.8) is 0 Å². The first-order valence-electron chi connectivity index (χ1n) is 13.7. The number of benzene rings is 2. The van der Waals surface area contributed by atoms with Crippen LogP contribution in [0.3, 0.4) is 0 Å². The molecule has 4 aromatic rings. The van der Waals surface area contributed by atoms with Crippen LogP contribution in [0.2, 0.25) is 0 Å². The molecular formula is C30H30F2N4O4. The van der Waals surface area contributed by atoms with Crippen molar-refractivity contribution in [2.75, 3.05) is 4.90 Å². The molecule has 6 rings (SSSR count). The van der Waals surface area contributed by atoms with Gasteiger partial charge in [-0.2, -0.15) is 0 Å². The van der Waals surface area contributed by atoms with E-state index in [2.05, 4.69) is 9.72 Å². The number of fused-ring (bicyclic) bond motifs is 1. The van der Waals surface area contributed by atoms with Gasteiger partial charge >= 0.3 is 5.97 Å². The van der Waals surface area contributed by atoms with Gasteiger partial charge in [-0.1, -0.05) is 11.2 Å². The highest BCUT2D eigenvalue weighted by atomic mass is 19.2. The predicted octanol–water partition coefficient (Wildman–Crippen LogP) is 6.66. The summed E-state index contributed by atoms with van der Waals surface area (Å²) in [5.74, 6) is -1.95. The van der Waals surface area contributed by atoms with Gasteiger partial charge in [0.25, 0.3) is 0 Å². The lowest BCUT2D eigenvalue weighted by atomic mass is 9.85. The van der Waals surface area contributed by atoms with Crippen LogP contribution in [0, 0.1) is 31.4 Å². The van der Waals surface area contributed by atoms with Gasteiger partial charge in [-0.3, -0.25) is 9.59 Å². The number of carboxylic acids is 1. The van der Waals surface area contributed by atoms with Crippen LogP contribution in [0.5, 0.6) is 0 Å². The van der Waals surface area contributed by atoms with Crippen molar-refractivity contribution >= 4 is 28.6 Å². The fourth-order valence-corrected chi connectivity index (χ4v) is 6.44. The summed E-state index contributed by atoms with van der Waals surface area (Å²) in [6.45, 7) is 3.74. The number of hydrogen-bond acceptors (Lipinski definition) is 5. The van der Waals surface area contributed by atoms with Crippen molar-refractivity contribution < 1.29 is 28.0 Å². The van der Waals surface area contributed by atoms with Crippen molar-refractivity contribution in [2.24, 2.45) is 5.92 Å². The van der Waals surface area contributed by atoms with E-state index < -0.39 is 23.6 Å². The van der Waals surface area contributed by atoms with E-state index in [-0.39, 0.29) is 17.9 Å². The van der Waals surface area contributed by atoms with E-state index in [1.165, 1.54) is 6.07 Å². The number of anilines is 1. The zero-order valence-corrected chi connectivity index (χ0v) is 22.4. The maximum atomic E-state index is 14.3. The van der Waals surface area contributed by atoms with Crippen molar-refractivity contribution in [3.05, 3.63) is 65.3 Å². The topological polar surface area (TPSA) is 101 Å². The molecule has 0 spiro atoms. The van der Waals surface area contributed by atoms with E-state index in [1.807, 2.05) is 32.0 Å². The predicted molar refractivity (Wildman–Crippen MR) is 144 cm³/mol. The Morgan fingerprint density at radius 3 is 2.48 bits per heavy atom. The highest BCUT2D eigenvalue weighted by Gasteiger charge is 2.37. The average Bonchev–Trinajstić information content (AvgIpc) is 3.48. The number of aliphatic carboxylic acids is 1. The molecule has 8 nitrogen and oxygen atoms in total. The number of hydrogen-bond donors (Lipinski definition) is 1. The second kappa shape index (κ2) is 10.1. The number of amides is 1. The number of aryl methyl sites for hydroxylation is 2. The zero-order valence-electron chi connectivity index (χ0n) is 22.4. The zero-order chi connectivity index (χ0) is 28.1. The molecule has 40 heavy (non-hydrogen) atoms. The third-order valence-corrected chi connectivity index (χ3v) is 8.38. The molecule has 0 radical (unpaired) electrons. The number of carbonyl (C=O) groups is 2. The Hall–Kier alpha value is -4.08. The van der Waals surface area contributed by atoms with Gasteiger partial charge < -0.3 is 19.1 Å². The standard InChI is InChI=1S/C30H30F2N4O4/c1-16-28(17(2)40-34-16)19-8-13-25-24(14-19)33-29(36(25)20-9-6-18(7-10-20)30(38)39)26-4-3-5-27(37)35(26)21-11-12-22(31)23(32)15-21/h8,11-15,18,20,26H,3-7,9-10H2,1-2H3,(H,38,39)/t18?,20?,26-/m0/s1. The Morgan fingerprint density at radius 2 is 1.80 bits per heavy atom. The second-order valence-electron chi connectivity index (χ2n) is 10.9. The van der Waals surface area contributed by atoms with Crippen LogP contribution in [0.4, 0.5) is 14.5 Å². The SMILES string of the molecule is Cc1noc(C)c1-c1ccc2c(c1)nc([C@@H]1CCCC(=O)N1c1ccc(F)c(F)c1)n2C1CCC(C(=O)O)CC1. The first-order valence-corrected chi connectivity index (χ1v) is 13.7. The minimum Gasteiger partial charge on any atom is -0.481 e. The lowest BCUT2D eigenvalue weighted by Gasteiger charge is -2.37. The number of nitrogens with zero attached hydrogens (tertiary/aromatic N) is 4. The van der Waals surface area contributed by atoms with Crippen LogP contribution in [-0.4, -0.2) is 31.7 Å². The molecule has 2 aromatic carbocycles. The van der Waals surface area contributed by atoms with Crippen molar-refractivity contribution in [1.29, 1.82) is 0 Å². The molecule has 1 saturated heterocycles. The summed E-state index contributed by atoms with van der Waals surface area (Å²) in [5.41, 5.74) is 4.48. The number of halogens is 2. The van der Waals surface area contributed by atoms with Gasteiger partial charge in [-0.25, -0.2) is 13.8 Å². The summed E-state index contributed by atoms with van der Waals surface area (Å²) in [6, 6.07) is 9.01. The molecule has 208 valence electrons. The van der Waals surface area contributed by atoms with Crippen LogP contribution in [0.1, 0.15) is 74.3 Å². The number of carbonyl (C=O) groups excluding carboxylic acids is 1. The highest BCUT2D eigenvalue weighted by Crippen LogP contribution is 2.42. The smallest absolute Gasteiger partial charge is 0.306 e. The number of aromatic nitrogens is 3. The normalized spacial score (nSPS) is 21.8. The lowest BCUT2D eigenvalue weighted by Crippen LogP contribution is -2.40. The van der Waals surface area contributed by atoms with Gasteiger partial charge in [0.1, 0.15) is 11.6 Å². The lowest BCUT2D eigenvalue weighted by molar-refractivity contribution is -0.143. The van der Waals surface area contributed by atoms with Crippen LogP contribution in [0.25, 0.3) is 22.2 Å². The van der Waals surface area contributed by atoms with E-state index in [4.69, 9.17) is 9.51 Å². The van der Waals surface area contributed by atoms with Crippen molar-refractivity contribution in [1.82, 2.24) is 14.7 Å². The van der Waals surface area contributed by atoms with E-state index in [0.29, 0.717) is 62.2 Å². The molecule has 2 aliphatic rings. The number of piperidine rings is 1. The minimum absolute atomic E-state index is 0.00986. The van der Waals surface area contributed by atoms with E-state index >= 15 is 0 Å². The summed E-state index contributed by atoms with van der Waals surface area (Å²) in [6.07, 6.45) is 3.97. The van der Waals surface area contributed by atoms with Crippen molar-refractivity contribution in [3.8, 4) is 11.1 Å². The molecule has 3 heterocycles. The molecule has 1 saturated carbocycles. The Balaban J connectivity index is 1.50. The summed E-state index contributed by atoms with van der Waals surface area (Å²) in [4.78, 5) is 31.5. The monoisotopic (exact) mass is 548 g/mol. The summed E-state index contributed by atoms with van der Waals surface area (Å²) in [7, 11) is 0. The average molecular weight is 549 g/mol. The Labute approximate surface area is 229 Å². The van der Waals surface area contributed by atoms with E-state index in [1.54, 1.807) is 4.90 Å². The quantitative estimate of drug-likeness (QED) is 0.299. The molecule has 1 N–H and O–H groups in total. The van der Waals surface area contributed by atoms with Gasteiger partial charge in [-0.15, -0.1) is 0 Å². The van der Waals surface area contributed by atoms with Crippen molar-refractivity contribution in [2.45, 2.75) is 70.9 Å². The van der Waals surface area contributed by atoms with Gasteiger partial charge in [-0.05, 0) is 82.2 Å². The second-order valence-corrected chi connectivity index (χ2v) is 10.9. The largest absolute Gasteiger partial charge is 0.481 e. The number of rotatable bonds is 5. The molecule has 2 fully saturated rings. The number of imidazole rings is 1. The molecule has 1 amide bonds. The molecular weight excluding hydrogens is 518 g/mol. The fourth-order valence-electron chi connectivity index (χ4n) is 6.44. The van der Waals surface area contributed by atoms with E-state index in [9.17, 15) is 23.5 Å². The molecule has 1 atom stereocenters. The molecule has 1 aliphatic carbocycles. The molecule has 1 aliphatic heterocycles. The van der Waals surface area contributed by atoms with Gasteiger partial charge in [0.15, 0.2) is 11.6 Å². The van der Waals surface area contributed by atoms with Gasteiger partial charge in [0, 0.05) is 29.8 Å².